The molecule has 0 bridgehead atoms. The number of sulfonamides is 1. The molecule has 8 nitrogen and oxygen atoms in total. The minimum absolute atomic E-state index is 0.0163. The van der Waals surface area contributed by atoms with Gasteiger partial charge in [0, 0.05) is 42.3 Å². The minimum atomic E-state index is -3.83. The van der Waals surface area contributed by atoms with Crippen molar-refractivity contribution in [1.29, 1.82) is 0 Å². The summed E-state index contributed by atoms with van der Waals surface area (Å²) in [6.45, 7) is 8.94. The van der Waals surface area contributed by atoms with Gasteiger partial charge in [-0.05, 0) is 65.3 Å². The standard InChI is InChI=1S/C37H40N4O4S/c1-37(2,3)28-14-17-31(18-15-28)46(43,44)40-30-16-19-33-32(24-30)34(27-12-8-5-9-13-27)35(39-33)45-36(42)38-29-20-22-41(23-21-29)25-26-10-6-4-7-11-26/h4-19,24,29,39-40H,20-23,25H2,1-3H3,(H,38,42). The summed E-state index contributed by atoms with van der Waals surface area (Å²) in [5.74, 6) is 0.304. The molecular formula is C37H40N4O4S. The van der Waals surface area contributed by atoms with E-state index in [2.05, 4.69) is 65.0 Å². The van der Waals surface area contributed by atoms with Crippen LogP contribution in [0.1, 0.15) is 44.7 Å². The number of benzene rings is 4. The van der Waals surface area contributed by atoms with Crippen LogP contribution in [-0.2, 0) is 22.0 Å². The van der Waals surface area contributed by atoms with Gasteiger partial charge in [-0.25, -0.2) is 13.2 Å². The second kappa shape index (κ2) is 13.0. The topological polar surface area (TPSA) is 104 Å². The van der Waals surface area contributed by atoms with E-state index in [0.717, 1.165) is 49.0 Å². The highest BCUT2D eigenvalue weighted by atomic mass is 32.2. The highest BCUT2D eigenvalue weighted by molar-refractivity contribution is 7.92. The maximum atomic E-state index is 13.3. The number of aromatic amines is 1. The van der Waals surface area contributed by atoms with E-state index in [0.29, 0.717) is 22.6 Å². The predicted molar refractivity (Wildman–Crippen MR) is 184 cm³/mol. The van der Waals surface area contributed by atoms with E-state index in [9.17, 15) is 13.2 Å². The molecule has 0 unspecified atom stereocenters. The van der Waals surface area contributed by atoms with Crippen LogP contribution in [0.5, 0.6) is 5.88 Å². The van der Waals surface area contributed by atoms with Crippen molar-refractivity contribution in [3.05, 3.63) is 114 Å². The fourth-order valence-corrected chi connectivity index (χ4v) is 6.96. The number of likely N-dealkylation sites (tertiary alicyclic amines) is 1. The molecule has 46 heavy (non-hydrogen) atoms. The Morgan fingerprint density at radius 3 is 2.20 bits per heavy atom. The fourth-order valence-electron chi connectivity index (χ4n) is 5.91. The molecule has 0 radical (unpaired) electrons. The van der Waals surface area contributed by atoms with Gasteiger partial charge in [0.05, 0.1) is 10.5 Å². The van der Waals surface area contributed by atoms with Crippen LogP contribution in [0, 0.1) is 0 Å². The summed E-state index contributed by atoms with van der Waals surface area (Å²) >= 11 is 0. The predicted octanol–water partition coefficient (Wildman–Crippen LogP) is 7.69. The lowest BCUT2D eigenvalue weighted by atomic mass is 9.87. The number of hydrogen-bond acceptors (Lipinski definition) is 5. The molecule has 1 amide bonds. The summed E-state index contributed by atoms with van der Waals surface area (Å²) in [6, 6.07) is 32.2. The van der Waals surface area contributed by atoms with Crippen molar-refractivity contribution in [3.63, 3.8) is 0 Å². The van der Waals surface area contributed by atoms with Crippen LogP contribution >= 0.6 is 0 Å². The van der Waals surface area contributed by atoms with Crippen molar-refractivity contribution in [2.45, 2.75) is 56.5 Å². The Kier molecular flexibility index (Phi) is 8.88. The van der Waals surface area contributed by atoms with Crippen LogP contribution in [0.4, 0.5) is 10.5 Å². The molecule has 0 spiro atoms. The van der Waals surface area contributed by atoms with Crippen LogP contribution in [0.3, 0.4) is 0 Å². The molecule has 1 aromatic heterocycles. The Morgan fingerprint density at radius 1 is 0.891 bits per heavy atom. The zero-order valence-corrected chi connectivity index (χ0v) is 27.2. The number of H-pyrrole nitrogens is 1. The Hall–Kier alpha value is -4.60. The molecular weight excluding hydrogens is 596 g/mol. The molecule has 9 heteroatoms. The monoisotopic (exact) mass is 636 g/mol. The van der Waals surface area contributed by atoms with Gasteiger partial charge in [-0.2, -0.15) is 0 Å². The molecule has 0 atom stereocenters. The zero-order chi connectivity index (χ0) is 32.3. The molecule has 6 rings (SSSR count). The molecule has 0 aliphatic carbocycles. The molecule has 1 fully saturated rings. The molecule has 5 aromatic rings. The Labute approximate surface area is 270 Å². The number of aromatic nitrogens is 1. The molecule has 238 valence electrons. The Morgan fingerprint density at radius 2 is 1.54 bits per heavy atom. The van der Waals surface area contributed by atoms with Crippen LogP contribution < -0.4 is 14.8 Å². The number of nitrogens with zero attached hydrogens (tertiary/aromatic N) is 1. The molecule has 3 N–H and O–H groups in total. The maximum Gasteiger partial charge on any atom is 0.414 e. The van der Waals surface area contributed by atoms with Crippen molar-refractivity contribution in [1.82, 2.24) is 15.2 Å². The number of amides is 1. The van der Waals surface area contributed by atoms with Crippen molar-refractivity contribution in [2.75, 3.05) is 17.8 Å². The van der Waals surface area contributed by atoms with E-state index >= 15 is 0 Å². The number of anilines is 1. The van der Waals surface area contributed by atoms with Gasteiger partial charge in [0.25, 0.3) is 10.0 Å². The van der Waals surface area contributed by atoms with Gasteiger partial charge in [-0.15, -0.1) is 0 Å². The third kappa shape index (κ3) is 7.27. The van der Waals surface area contributed by atoms with Gasteiger partial charge < -0.3 is 15.0 Å². The summed E-state index contributed by atoms with van der Waals surface area (Å²) in [6.07, 6.45) is 1.15. The first kappa shape index (κ1) is 31.4. The van der Waals surface area contributed by atoms with Gasteiger partial charge in [0.15, 0.2) is 0 Å². The van der Waals surface area contributed by atoms with Crippen LogP contribution in [0.25, 0.3) is 22.0 Å². The molecule has 0 saturated carbocycles. The van der Waals surface area contributed by atoms with E-state index in [-0.39, 0.29) is 16.4 Å². The van der Waals surface area contributed by atoms with Crippen LogP contribution in [-0.4, -0.2) is 43.5 Å². The Bertz CT molecular complexity index is 1910. The third-order valence-electron chi connectivity index (χ3n) is 8.46. The average Bonchev–Trinajstić information content (AvgIpc) is 3.39. The number of hydrogen-bond donors (Lipinski definition) is 3. The highest BCUT2D eigenvalue weighted by Gasteiger charge is 2.24. The van der Waals surface area contributed by atoms with Gasteiger partial charge in [-0.1, -0.05) is 93.6 Å². The van der Waals surface area contributed by atoms with Crippen LogP contribution in [0.15, 0.2) is 108 Å². The number of carbonyl (C=O) groups is 1. The lowest BCUT2D eigenvalue weighted by molar-refractivity contribution is 0.168. The zero-order valence-electron chi connectivity index (χ0n) is 26.4. The van der Waals surface area contributed by atoms with Crippen molar-refractivity contribution >= 4 is 32.7 Å². The first-order valence-corrected chi connectivity index (χ1v) is 17.1. The number of nitrogens with one attached hydrogen (secondary N) is 3. The molecule has 2 heterocycles. The van der Waals surface area contributed by atoms with Crippen molar-refractivity contribution in [2.24, 2.45) is 0 Å². The fraction of sp³-hybridized carbons (Fsp3) is 0.270. The van der Waals surface area contributed by atoms with E-state index in [1.807, 2.05) is 48.5 Å². The lowest BCUT2D eigenvalue weighted by Gasteiger charge is -2.32. The minimum Gasteiger partial charge on any atom is -0.393 e. The average molecular weight is 637 g/mol. The Balaban J connectivity index is 1.19. The van der Waals surface area contributed by atoms with Crippen molar-refractivity contribution < 1.29 is 17.9 Å². The van der Waals surface area contributed by atoms with Crippen molar-refractivity contribution in [3.8, 4) is 17.0 Å². The van der Waals surface area contributed by atoms with Crippen LogP contribution in [0.2, 0.25) is 0 Å². The summed E-state index contributed by atoms with van der Waals surface area (Å²) in [5.41, 5.74) is 4.89. The lowest BCUT2D eigenvalue weighted by Crippen LogP contribution is -2.45. The molecule has 1 aliphatic heterocycles. The summed E-state index contributed by atoms with van der Waals surface area (Å²) in [4.78, 5) is 19.0. The molecule has 4 aromatic carbocycles. The maximum absolute atomic E-state index is 13.3. The summed E-state index contributed by atoms with van der Waals surface area (Å²) < 4.78 is 35.2. The summed E-state index contributed by atoms with van der Waals surface area (Å²) in [5, 5.41) is 3.78. The van der Waals surface area contributed by atoms with E-state index in [4.69, 9.17) is 4.74 Å². The normalized spacial score (nSPS) is 14.7. The number of piperidine rings is 1. The first-order chi connectivity index (χ1) is 22.0. The number of fused-ring (bicyclic) bond motifs is 1. The highest BCUT2D eigenvalue weighted by Crippen LogP contribution is 2.39. The molecule has 1 saturated heterocycles. The molecule has 1 aliphatic rings. The van der Waals surface area contributed by atoms with Gasteiger partial charge in [-0.3, -0.25) is 9.62 Å². The summed E-state index contributed by atoms with van der Waals surface area (Å²) in [7, 11) is -3.83. The largest absolute Gasteiger partial charge is 0.414 e. The quantitative estimate of drug-likeness (QED) is 0.162. The number of carbonyl (C=O) groups excluding carboxylic acids is 1. The second-order valence-electron chi connectivity index (χ2n) is 12.9. The SMILES string of the molecule is CC(C)(C)c1ccc(S(=O)(=O)Nc2ccc3[nH]c(OC(=O)NC4CCN(Cc5ccccc5)CC4)c(-c4ccccc4)c3c2)cc1. The van der Waals surface area contributed by atoms with Gasteiger partial charge in [0.2, 0.25) is 5.88 Å². The third-order valence-corrected chi connectivity index (χ3v) is 9.86. The van der Waals surface area contributed by atoms with E-state index in [1.54, 1.807) is 30.3 Å². The first-order valence-electron chi connectivity index (χ1n) is 15.6. The van der Waals surface area contributed by atoms with Gasteiger partial charge >= 0.3 is 6.09 Å². The second-order valence-corrected chi connectivity index (χ2v) is 14.6. The van der Waals surface area contributed by atoms with Gasteiger partial charge in [0.1, 0.15) is 0 Å². The number of ether oxygens (including phenoxy) is 1. The smallest absolute Gasteiger partial charge is 0.393 e. The van der Waals surface area contributed by atoms with E-state index in [1.165, 1.54) is 5.56 Å². The van der Waals surface area contributed by atoms with E-state index < -0.39 is 16.1 Å². The number of rotatable bonds is 8.